The van der Waals surface area contributed by atoms with Crippen LogP contribution in [0.25, 0.3) is 0 Å². The lowest BCUT2D eigenvalue weighted by molar-refractivity contribution is -0.274. The van der Waals surface area contributed by atoms with Gasteiger partial charge in [0.25, 0.3) is 5.91 Å². The van der Waals surface area contributed by atoms with E-state index in [-0.39, 0.29) is 35.0 Å². The van der Waals surface area contributed by atoms with Crippen LogP contribution in [0.2, 0.25) is 0 Å². The highest BCUT2D eigenvalue weighted by molar-refractivity contribution is 5.94. The van der Waals surface area contributed by atoms with E-state index in [1.165, 1.54) is 18.2 Å². The second-order valence-corrected chi connectivity index (χ2v) is 8.81. The Labute approximate surface area is 196 Å². The number of hydrogen-bond donors (Lipinski definition) is 0. The number of amides is 2. The first-order valence-corrected chi connectivity index (χ1v) is 11.2. The van der Waals surface area contributed by atoms with E-state index >= 15 is 0 Å². The average molecular weight is 470 g/mol. The number of nitrogens with zero attached hydrogens (tertiary/aromatic N) is 2. The molecule has 0 aliphatic carbocycles. The predicted molar refractivity (Wildman–Crippen MR) is 120 cm³/mol. The molecule has 2 aromatic carbocycles. The molecule has 0 saturated carbocycles. The van der Waals surface area contributed by atoms with Crippen LogP contribution in [0.15, 0.2) is 54.6 Å². The van der Waals surface area contributed by atoms with E-state index in [0.717, 1.165) is 24.8 Å². The van der Waals surface area contributed by atoms with Gasteiger partial charge in [0.05, 0.1) is 6.42 Å². The number of likely N-dealkylation sites (tertiary alicyclic amines) is 2. The Hall–Kier alpha value is -3.47. The lowest BCUT2D eigenvalue weighted by Crippen LogP contribution is -2.44. The van der Waals surface area contributed by atoms with Crippen LogP contribution in [0.4, 0.5) is 13.2 Å². The fraction of sp³-hybridized carbons (Fsp3) is 0.385. The Morgan fingerprint density at radius 1 is 0.912 bits per heavy atom. The maximum atomic E-state index is 12.9. The SMILES string of the molecule is O=C(C#Cc1ccccc1)N1CCC2(CC1)CCN(C(=O)Cc1ccccc1OC(F)(F)F)C2. The molecule has 2 saturated heterocycles. The average Bonchev–Trinajstić information content (AvgIpc) is 3.22. The maximum absolute atomic E-state index is 12.9. The summed E-state index contributed by atoms with van der Waals surface area (Å²) in [6.45, 7) is 2.26. The molecule has 2 heterocycles. The molecule has 2 aliphatic heterocycles. The zero-order valence-corrected chi connectivity index (χ0v) is 18.6. The fourth-order valence-corrected chi connectivity index (χ4v) is 4.62. The lowest BCUT2D eigenvalue weighted by atomic mass is 9.78. The summed E-state index contributed by atoms with van der Waals surface area (Å²) in [5, 5.41) is 0. The van der Waals surface area contributed by atoms with E-state index in [1.807, 2.05) is 30.3 Å². The standard InChI is InChI=1S/C26H25F3N2O3/c27-26(28,29)34-22-9-5-4-8-21(22)18-24(33)31-17-14-25(19-31)12-15-30(16-13-25)23(32)11-10-20-6-2-1-3-7-20/h1-9H,12-19H2. The Morgan fingerprint density at radius 2 is 1.53 bits per heavy atom. The van der Waals surface area contributed by atoms with Crippen LogP contribution < -0.4 is 4.74 Å². The van der Waals surface area contributed by atoms with Crippen molar-refractivity contribution in [3.8, 4) is 17.6 Å². The Morgan fingerprint density at radius 3 is 2.21 bits per heavy atom. The quantitative estimate of drug-likeness (QED) is 0.637. The number of carbonyl (C=O) groups is 2. The Bertz CT molecular complexity index is 1100. The molecule has 0 N–H and O–H groups in total. The number of para-hydroxylation sites is 1. The molecule has 0 bridgehead atoms. The lowest BCUT2D eigenvalue weighted by Gasteiger charge is -2.38. The highest BCUT2D eigenvalue weighted by Gasteiger charge is 2.42. The minimum atomic E-state index is -4.81. The highest BCUT2D eigenvalue weighted by atomic mass is 19.4. The van der Waals surface area contributed by atoms with Crippen molar-refractivity contribution >= 4 is 11.8 Å². The summed E-state index contributed by atoms with van der Waals surface area (Å²) in [5.41, 5.74) is 0.932. The van der Waals surface area contributed by atoms with Gasteiger partial charge in [-0.2, -0.15) is 0 Å². The molecule has 0 aromatic heterocycles. The molecule has 2 aliphatic rings. The third-order valence-corrected chi connectivity index (χ3v) is 6.53. The summed E-state index contributed by atoms with van der Waals surface area (Å²) in [7, 11) is 0. The molecule has 1 spiro atoms. The molecule has 2 fully saturated rings. The van der Waals surface area contributed by atoms with Gasteiger partial charge in [-0.3, -0.25) is 9.59 Å². The van der Waals surface area contributed by atoms with Crippen molar-refractivity contribution in [2.45, 2.75) is 32.0 Å². The van der Waals surface area contributed by atoms with Gasteiger partial charge in [-0.15, -0.1) is 13.2 Å². The van der Waals surface area contributed by atoms with Crippen LogP contribution in [0.3, 0.4) is 0 Å². The van der Waals surface area contributed by atoms with E-state index in [2.05, 4.69) is 16.6 Å². The third-order valence-electron chi connectivity index (χ3n) is 6.53. The third kappa shape index (κ3) is 5.90. The summed E-state index contributed by atoms with van der Waals surface area (Å²) in [6.07, 6.45) is -2.61. The van der Waals surface area contributed by atoms with Gasteiger partial charge in [0.2, 0.25) is 5.91 Å². The van der Waals surface area contributed by atoms with Crippen molar-refractivity contribution in [3.63, 3.8) is 0 Å². The fourth-order valence-electron chi connectivity index (χ4n) is 4.62. The minimum Gasteiger partial charge on any atom is -0.405 e. The van der Waals surface area contributed by atoms with Crippen LogP contribution in [0.5, 0.6) is 5.75 Å². The van der Waals surface area contributed by atoms with E-state index in [9.17, 15) is 22.8 Å². The number of ether oxygens (including phenoxy) is 1. The molecule has 0 atom stereocenters. The van der Waals surface area contributed by atoms with Crippen molar-refractivity contribution in [3.05, 3.63) is 65.7 Å². The van der Waals surface area contributed by atoms with Gasteiger partial charge >= 0.3 is 6.36 Å². The molecular weight excluding hydrogens is 445 g/mol. The molecule has 178 valence electrons. The van der Waals surface area contributed by atoms with Crippen LogP contribution in [-0.2, 0) is 16.0 Å². The first-order valence-electron chi connectivity index (χ1n) is 11.2. The summed E-state index contributed by atoms with van der Waals surface area (Å²) in [5.74, 6) is 4.83. The van der Waals surface area contributed by atoms with Gasteiger partial charge in [-0.1, -0.05) is 42.3 Å². The number of carbonyl (C=O) groups excluding carboxylic acids is 2. The maximum Gasteiger partial charge on any atom is 0.573 e. The van der Waals surface area contributed by atoms with Gasteiger partial charge in [0.15, 0.2) is 0 Å². The normalized spacial score (nSPS) is 17.3. The number of halogens is 3. The van der Waals surface area contributed by atoms with Crippen molar-refractivity contribution in [2.24, 2.45) is 5.41 Å². The van der Waals surface area contributed by atoms with Crippen molar-refractivity contribution < 1.29 is 27.5 Å². The summed E-state index contributed by atoms with van der Waals surface area (Å²) < 4.78 is 42.1. The molecule has 34 heavy (non-hydrogen) atoms. The minimum absolute atomic E-state index is 0.0682. The summed E-state index contributed by atoms with van der Waals surface area (Å²) in [4.78, 5) is 28.8. The van der Waals surface area contributed by atoms with Gasteiger partial charge in [-0.25, -0.2) is 0 Å². The van der Waals surface area contributed by atoms with Crippen LogP contribution in [0, 0.1) is 17.3 Å². The number of alkyl halides is 3. The van der Waals surface area contributed by atoms with Gasteiger partial charge in [-0.05, 0) is 42.9 Å². The molecule has 2 amide bonds. The molecular formula is C26H25F3N2O3. The molecule has 8 heteroatoms. The first kappa shape index (κ1) is 23.7. The highest BCUT2D eigenvalue weighted by Crippen LogP contribution is 2.40. The second kappa shape index (κ2) is 9.80. The van der Waals surface area contributed by atoms with Crippen molar-refractivity contribution in [1.29, 1.82) is 0 Å². The number of hydrogen-bond acceptors (Lipinski definition) is 3. The monoisotopic (exact) mass is 470 g/mol. The van der Waals surface area contributed by atoms with E-state index in [4.69, 9.17) is 0 Å². The van der Waals surface area contributed by atoms with E-state index in [1.54, 1.807) is 15.9 Å². The second-order valence-electron chi connectivity index (χ2n) is 8.81. The van der Waals surface area contributed by atoms with E-state index < -0.39 is 6.36 Å². The number of rotatable bonds is 3. The topological polar surface area (TPSA) is 49.9 Å². The Balaban J connectivity index is 1.32. The molecule has 0 radical (unpaired) electrons. The zero-order valence-electron chi connectivity index (χ0n) is 18.6. The molecule has 4 rings (SSSR count). The van der Waals surface area contributed by atoms with Crippen molar-refractivity contribution in [2.75, 3.05) is 26.2 Å². The molecule has 5 nitrogen and oxygen atoms in total. The predicted octanol–water partition coefficient (Wildman–Crippen LogP) is 4.02. The smallest absolute Gasteiger partial charge is 0.405 e. The van der Waals surface area contributed by atoms with Gasteiger partial charge in [0, 0.05) is 43.2 Å². The van der Waals surface area contributed by atoms with Crippen LogP contribution in [-0.4, -0.2) is 54.2 Å². The molecule has 2 aromatic rings. The van der Waals surface area contributed by atoms with Gasteiger partial charge < -0.3 is 14.5 Å². The van der Waals surface area contributed by atoms with Crippen LogP contribution in [0.1, 0.15) is 30.4 Å². The van der Waals surface area contributed by atoms with Crippen molar-refractivity contribution in [1.82, 2.24) is 9.80 Å². The summed E-state index contributed by atoms with van der Waals surface area (Å²) in [6, 6.07) is 15.1. The van der Waals surface area contributed by atoms with Crippen LogP contribution >= 0.6 is 0 Å². The molecule has 0 unspecified atom stereocenters. The summed E-state index contributed by atoms with van der Waals surface area (Å²) >= 11 is 0. The van der Waals surface area contributed by atoms with E-state index in [0.29, 0.717) is 26.2 Å². The number of benzene rings is 2. The number of piperidine rings is 1. The van der Waals surface area contributed by atoms with Gasteiger partial charge in [0.1, 0.15) is 5.75 Å². The first-order chi connectivity index (χ1) is 16.2. The zero-order chi connectivity index (χ0) is 24.2. The Kier molecular flexibility index (Phi) is 6.82. The largest absolute Gasteiger partial charge is 0.573 e.